The standard InChI is InChI=1S/C10H21N3O/c1-5-8-13(9(2)3)12(4)10(14)6-7-11/h5,9H,1,6-8,11H2,2-4H3. The molecular formula is C10H21N3O. The van der Waals surface area contributed by atoms with Gasteiger partial charge in [0.05, 0.1) is 0 Å². The van der Waals surface area contributed by atoms with Crippen molar-refractivity contribution in [3.05, 3.63) is 12.7 Å². The van der Waals surface area contributed by atoms with Gasteiger partial charge in [-0.25, -0.2) is 5.01 Å². The van der Waals surface area contributed by atoms with Crippen molar-refractivity contribution in [2.45, 2.75) is 26.3 Å². The summed E-state index contributed by atoms with van der Waals surface area (Å²) in [5.41, 5.74) is 5.33. The van der Waals surface area contributed by atoms with Crippen LogP contribution in [0, 0.1) is 0 Å². The van der Waals surface area contributed by atoms with E-state index < -0.39 is 0 Å². The topological polar surface area (TPSA) is 49.6 Å². The molecule has 0 radical (unpaired) electrons. The van der Waals surface area contributed by atoms with Crippen molar-refractivity contribution in [2.75, 3.05) is 20.1 Å². The molecule has 0 rings (SSSR count). The van der Waals surface area contributed by atoms with Crippen molar-refractivity contribution in [3.8, 4) is 0 Å². The fourth-order valence-corrected chi connectivity index (χ4v) is 1.24. The number of amides is 1. The SMILES string of the molecule is C=CCN(C(C)C)N(C)C(=O)CCN. The summed E-state index contributed by atoms with van der Waals surface area (Å²) in [6, 6.07) is 0.278. The summed E-state index contributed by atoms with van der Waals surface area (Å²) in [5, 5.41) is 3.57. The fraction of sp³-hybridized carbons (Fsp3) is 0.700. The van der Waals surface area contributed by atoms with Gasteiger partial charge in [0, 0.05) is 32.6 Å². The molecule has 0 aliphatic heterocycles. The molecule has 2 N–H and O–H groups in total. The van der Waals surface area contributed by atoms with Crippen LogP contribution in [-0.2, 0) is 4.79 Å². The first-order valence-corrected chi connectivity index (χ1v) is 4.88. The van der Waals surface area contributed by atoms with E-state index in [1.807, 2.05) is 18.9 Å². The number of carbonyl (C=O) groups excluding carboxylic acids is 1. The third-order valence-corrected chi connectivity index (χ3v) is 2.02. The zero-order chi connectivity index (χ0) is 11.1. The molecule has 0 bridgehead atoms. The van der Waals surface area contributed by atoms with Crippen LogP contribution < -0.4 is 5.73 Å². The molecule has 0 aromatic rings. The first-order chi connectivity index (χ1) is 6.54. The zero-order valence-electron chi connectivity index (χ0n) is 9.36. The Balaban J connectivity index is 4.33. The van der Waals surface area contributed by atoms with Gasteiger partial charge >= 0.3 is 0 Å². The number of hydrazine groups is 1. The molecule has 0 fully saturated rings. The van der Waals surface area contributed by atoms with Crippen LogP contribution in [0.3, 0.4) is 0 Å². The van der Waals surface area contributed by atoms with E-state index in [4.69, 9.17) is 5.73 Å². The first-order valence-electron chi connectivity index (χ1n) is 4.88. The number of nitrogens with zero attached hydrogens (tertiary/aromatic N) is 2. The Labute approximate surface area is 86.3 Å². The van der Waals surface area contributed by atoms with Gasteiger partial charge in [0.2, 0.25) is 5.91 Å². The number of hydrogen-bond acceptors (Lipinski definition) is 3. The number of nitrogens with two attached hydrogens (primary N) is 1. The largest absolute Gasteiger partial charge is 0.330 e. The lowest BCUT2D eigenvalue weighted by Gasteiger charge is -2.34. The molecule has 0 saturated carbocycles. The van der Waals surface area contributed by atoms with Crippen LogP contribution in [0.15, 0.2) is 12.7 Å². The van der Waals surface area contributed by atoms with Crippen LogP contribution in [0.1, 0.15) is 20.3 Å². The summed E-state index contributed by atoms with van der Waals surface area (Å²) in [6.07, 6.45) is 2.17. The molecule has 0 unspecified atom stereocenters. The maximum absolute atomic E-state index is 11.5. The van der Waals surface area contributed by atoms with Gasteiger partial charge in [0.15, 0.2) is 0 Å². The second-order valence-corrected chi connectivity index (χ2v) is 3.46. The second kappa shape index (κ2) is 6.56. The molecule has 4 heteroatoms. The van der Waals surface area contributed by atoms with Gasteiger partial charge in [-0.1, -0.05) is 6.08 Å². The van der Waals surface area contributed by atoms with E-state index in [9.17, 15) is 4.79 Å². The van der Waals surface area contributed by atoms with Gasteiger partial charge in [0.25, 0.3) is 0 Å². The van der Waals surface area contributed by atoms with Crippen molar-refractivity contribution in [1.29, 1.82) is 0 Å². The average molecular weight is 199 g/mol. The van der Waals surface area contributed by atoms with E-state index in [0.29, 0.717) is 19.5 Å². The summed E-state index contributed by atoms with van der Waals surface area (Å²) in [5.74, 6) is 0.0445. The minimum Gasteiger partial charge on any atom is -0.330 e. The highest BCUT2D eigenvalue weighted by atomic mass is 16.2. The summed E-state index contributed by atoms with van der Waals surface area (Å²) in [4.78, 5) is 11.5. The van der Waals surface area contributed by atoms with Crippen LogP contribution in [0.4, 0.5) is 0 Å². The minimum absolute atomic E-state index is 0.0445. The van der Waals surface area contributed by atoms with Gasteiger partial charge < -0.3 is 5.73 Å². The summed E-state index contributed by atoms with van der Waals surface area (Å²) >= 11 is 0. The third-order valence-electron chi connectivity index (χ3n) is 2.02. The smallest absolute Gasteiger partial charge is 0.237 e. The predicted octanol–water partition coefficient (Wildman–Crippen LogP) is 0.605. The Hall–Kier alpha value is -0.870. The number of hydrogen-bond donors (Lipinski definition) is 1. The molecular weight excluding hydrogens is 178 g/mol. The summed E-state index contributed by atoms with van der Waals surface area (Å²) < 4.78 is 0. The van der Waals surface area contributed by atoms with Gasteiger partial charge in [-0.2, -0.15) is 0 Å². The minimum atomic E-state index is 0.0445. The Morgan fingerprint density at radius 3 is 2.50 bits per heavy atom. The normalized spacial score (nSPS) is 10.7. The number of carbonyl (C=O) groups is 1. The van der Waals surface area contributed by atoms with E-state index in [0.717, 1.165) is 0 Å². The van der Waals surface area contributed by atoms with E-state index in [2.05, 4.69) is 6.58 Å². The molecule has 82 valence electrons. The van der Waals surface area contributed by atoms with Gasteiger partial charge in [-0.3, -0.25) is 9.80 Å². The Morgan fingerprint density at radius 1 is 1.57 bits per heavy atom. The second-order valence-electron chi connectivity index (χ2n) is 3.46. The Bertz CT molecular complexity index is 192. The first kappa shape index (κ1) is 13.1. The lowest BCUT2D eigenvalue weighted by molar-refractivity contribution is -0.147. The molecule has 0 heterocycles. The highest BCUT2D eigenvalue weighted by molar-refractivity contribution is 5.75. The van der Waals surface area contributed by atoms with Crippen molar-refractivity contribution in [2.24, 2.45) is 5.73 Å². The van der Waals surface area contributed by atoms with Crippen molar-refractivity contribution >= 4 is 5.91 Å². The quantitative estimate of drug-likeness (QED) is 0.503. The maximum atomic E-state index is 11.5. The molecule has 14 heavy (non-hydrogen) atoms. The Kier molecular flexibility index (Phi) is 6.16. The summed E-state index contributed by atoms with van der Waals surface area (Å²) in [7, 11) is 1.77. The van der Waals surface area contributed by atoms with Crippen LogP contribution in [0.5, 0.6) is 0 Å². The average Bonchev–Trinajstić information content (AvgIpc) is 2.13. The highest BCUT2D eigenvalue weighted by Crippen LogP contribution is 2.03. The van der Waals surface area contributed by atoms with E-state index >= 15 is 0 Å². The van der Waals surface area contributed by atoms with Gasteiger partial charge in [0.1, 0.15) is 0 Å². The van der Waals surface area contributed by atoms with Crippen molar-refractivity contribution < 1.29 is 4.79 Å². The zero-order valence-corrected chi connectivity index (χ0v) is 9.36. The van der Waals surface area contributed by atoms with Gasteiger partial charge in [-0.05, 0) is 13.8 Å². The molecule has 0 aromatic heterocycles. The fourth-order valence-electron chi connectivity index (χ4n) is 1.24. The molecule has 0 spiro atoms. The summed E-state index contributed by atoms with van der Waals surface area (Å²) in [6.45, 7) is 8.80. The van der Waals surface area contributed by atoms with Crippen LogP contribution >= 0.6 is 0 Å². The van der Waals surface area contributed by atoms with Crippen molar-refractivity contribution in [3.63, 3.8) is 0 Å². The van der Waals surface area contributed by atoms with Gasteiger partial charge in [-0.15, -0.1) is 6.58 Å². The molecule has 1 amide bonds. The van der Waals surface area contributed by atoms with Crippen LogP contribution in [-0.4, -0.2) is 42.1 Å². The molecule has 4 nitrogen and oxygen atoms in total. The molecule has 0 aliphatic rings. The molecule has 0 aromatic carbocycles. The van der Waals surface area contributed by atoms with E-state index in [1.165, 1.54) is 0 Å². The van der Waals surface area contributed by atoms with E-state index in [1.54, 1.807) is 18.1 Å². The Morgan fingerprint density at radius 2 is 2.14 bits per heavy atom. The monoisotopic (exact) mass is 199 g/mol. The van der Waals surface area contributed by atoms with Crippen LogP contribution in [0.25, 0.3) is 0 Å². The van der Waals surface area contributed by atoms with Crippen molar-refractivity contribution in [1.82, 2.24) is 10.0 Å². The lowest BCUT2D eigenvalue weighted by Crippen LogP contribution is -2.48. The third kappa shape index (κ3) is 3.89. The van der Waals surface area contributed by atoms with Crippen LogP contribution in [0.2, 0.25) is 0 Å². The lowest BCUT2D eigenvalue weighted by atomic mass is 10.3. The molecule has 0 atom stereocenters. The molecule has 0 aliphatic carbocycles. The predicted molar refractivity (Wildman–Crippen MR) is 58.5 cm³/mol. The highest BCUT2D eigenvalue weighted by Gasteiger charge is 2.17. The molecule has 0 saturated heterocycles. The maximum Gasteiger partial charge on any atom is 0.237 e. The van der Waals surface area contributed by atoms with E-state index in [-0.39, 0.29) is 11.9 Å². The number of rotatable bonds is 6.